The zero-order valence-corrected chi connectivity index (χ0v) is 16.6. The van der Waals surface area contributed by atoms with Gasteiger partial charge in [-0.25, -0.2) is 4.98 Å². The highest BCUT2D eigenvalue weighted by Gasteiger charge is 2.32. The van der Waals surface area contributed by atoms with E-state index >= 15 is 0 Å². The maximum atomic E-state index is 12.8. The van der Waals surface area contributed by atoms with Crippen molar-refractivity contribution in [3.63, 3.8) is 0 Å². The van der Waals surface area contributed by atoms with Gasteiger partial charge in [-0.15, -0.1) is 0 Å². The molecule has 1 aromatic carbocycles. The summed E-state index contributed by atoms with van der Waals surface area (Å²) in [5, 5.41) is 19.8. The van der Waals surface area contributed by atoms with Crippen LogP contribution in [0.15, 0.2) is 51.9 Å². The fourth-order valence-corrected chi connectivity index (χ4v) is 3.24. The van der Waals surface area contributed by atoms with Crippen molar-refractivity contribution in [2.75, 3.05) is 0 Å². The van der Waals surface area contributed by atoms with Crippen LogP contribution in [0.1, 0.15) is 49.2 Å². The lowest BCUT2D eigenvalue weighted by Crippen LogP contribution is -2.35. The van der Waals surface area contributed by atoms with E-state index in [0.29, 0.717) is 18.0 Å². The number of H-pyrrole nitrogens is 1. The average Bonchev–Trinajstić information content (AvgIpc) is 3.19. The Morgan fingerprint density at radius 3 is 2.69 bits per heavy atom. The van der Waals surface area contributed by atoms with E-state index in [1.165, 1.54) is 12.4 Å². The third kappa shape index (κ3) is 4.90. The molecule has 8 nitrogen and oxygen atoms in total. The average molecular weight is 396 g/mol. The number of hydrogen-bond donors (Lipinski definition) is 3. The van der Waals surface area contributed by atoms with E-state index in [1.54, 1.807) is 20.8 Å². The Labute approximate surface area is 168 Å². The molecule has 8 heteroatoms. The van der Waals surface area contributed by atoms with E-state index in [-0.39, 0.29) is 18.1 Å². The highest BCUT2D eigenvalue weighted by molar-refractivity contribution is 5.78. The van der Waals surface area contributed by atoms with Gasteiger partial charge in [-0.05, 0) is 18.9 Å². The van der Waals surface area contributed by atoms with Gasteiger partial charge in [0.15, 0.2) is 5.76 Å². The second-order valence-electron chi connectivity index (χ2n) is 7.64. The number of aromatic amines is 1. The van der Waals surface area contributed by atoms with Crippen LogP contribution in [0.25, 0.3) is 0 Å². The summed E-state index contributed by atoms with van der Waals surface area (Å²) in [4.78, 5) is 28.9. The van der Waals surface area contributed by atoms with Crippen LogP contribution in [0.5, 0.6) is 5.75 Å². The van der Waals surface area contributed by atoms with Crippen molar-refractivity contribution in [1.82, 2.24) is 20.5 Å². The van der Waals surface area contributed by atoms with Crippen LogP contribution in [-0.4, -0.2) is 26.2 Å². The van der Waals surface area contributed by atoms with E-state index in [4.69, 9.17) is 4.42 Å². The lowest BCUT2D eigenvalue weighted by molar-refractivity contribution is -0.123. The lowest BCUT2D eigenvalue weighted by Gasteiger charge is -2.25. The molecule has 3 aromatic rings. The molecule has 0 radical (unpaired) electrons. The van der Waals surface area contributed by atoms with Gasteiger partial charge in [0, 0.05) is 17.9 Å². The molecule has 0 bridgehead atoms. The van der Waals surface area contributed by atoms with Crippen molar-refractivity contribution in [2.45, 2.75) is 45.1 Å². The normalized spacial score (nSPS) is 12.5. The highest BCUT2D eigenvalue weighted by atomic mass is 16.4. The molecule has 2 heterocycles. The van der Waals surface area contributed by atoms with Crippen LogP contribution < -0.4 is 10.7 Å². The molecule has 152 valence electrons. The first kappa shape index (κ1) is 20.3. The maximum absolute atomic E-state index is 12.8. The van der Waals surface area contributed by atoms with Gasteiger partial charge in [-0.2, -0.15) is 5.10 Å². The van der Waals surface area contributed by atoms with Crippen molar-refractivity contribution in [1.29, 1.82) is 0 Å². The molecule has 1 amide bonds. The van der Waals surface area contributed by atoms with Crippen LogP contribution in [-0.2, 0) is 16.6 Å². The van der Waals surface area contributed by atoms with Crippen molar-refractivity contribution in [3.05, 3.63) is 75.9 Å². The van der Waals surface area contributed by atoms with Crippen molar-refractivity contribution in [3.8, 4) is 5.75 Å². The van der Waals surface area contributed by atoms with Crippen molar-refractivity contribution in [2.24, 2.45) is 0 Å². The van der Waals surface area contributed by atoms with E-state index in [2.05, 4.69) is 20.5 Å². The number of carbonyl (C=O) groups is 1. The first-order valence-electron chi connectivity index (χ1n) is 9.29. The minimum atomic E-state index is -0.891. The van der Waals surface area contributed by atoms with E-state index < -0.39 is 22.6 Å². The second-order valence-corrected chi connectivity index (χ2v) is 7.64. The molecule has 0 spiro atoms. The quantitative estimate of drug-likeness (QED) is 0.564. The molecule has 1 atom stereocenters. The molecule has 2 aromatic heterocycles. The molecule has 0 saturated carbocycles. The number of carbonyl (C=O) groups excluding carboxylic acids is 1. The fourth-order valence-electron chi connectivity index (χ4n) is 3.24. The number of hydrogen-bond acceptors (Lipinski definition) is 6. The van der Waals surface area contributed by atoms with Crippen LogP contribution in [0.4, 0.5) is 0 Å². The van der Waals surface area contributed by atoms with Crippen molar-refractivity contribution >= 4 is 5.91 Å². The van der Waals surface area contributed by atoms with E-state index in [9.17, 15) is 14.7 Å². The molecule has 3 rings (SSSR count). The Morgan fingerprint density at radius 1 is 1.31 bits per heavy atom. The first-order chi connectivity index (χ1) is 13.8. The summed E-state index contributed by atoms with van der Waals surface area (Å²) in [7, 11) is 0. The number of nitrogens with one attached hydrogen (secondary N) is 2. The van der Waals surface area contributed by atoms with Crippen LogP contribution >= 0.6 is 0 Å². The van der Waals surface area contributed by atoms with Crippen LogP contribution in [0.3, 0.4) is 0 Å². The summed E-state index contributed by atoms with van der Waals surface area (Å²) < 4.78 is 5.57. The largest absolute Gasteiger partial charge is 0.502 e. The second kappa shape index (κ2) is 8.30. The minimum absolute atomic E-state index is 0.00633. The minimum Gasteiger partial charge on any atom is -0.502 e. The fraction of sp³-hybridized carbons (Fsp3) is 0.333. The molecule has 1 unspecified atom stereocenters. The van der Waals surface area contributed by atoms with Crippen molar-refractivity contribution < 1.29 is 14.3 Å². The summed E-state index contributed by atoms with van der Waals surface area (Å²) in [6, 6.07) is 10.5. The van der Waals surface area contributed by atoms with Gasteiger partial charge in [0.2, 0.25) is 17.1 Å². The SMILES string of the molecule is Cc1cc(=O)c(O)c(C(C)(C)CC(=O)NC(Cc2ccccc2)c2ncn[nH]2)o1. The van der Waals surface area contributed by atoms with Gasteiger partial charge in [-0.1, -0.05) is 44.2 Å². The summed E-state index contributed by atoms with van der Waals surface area (Å²) in [5.41, 5.74) is -0.380. The van der Waals surface area contributed by atoms with Crippen LogP contribution in [0, 0.1) is 6.92 Å². The lowest BCUT2D eigenvalue weighted by atomic mass is 9.85. The van der Waals surface area contributed by atoms with E-state index in [0.717, 1.165) is 5.56 Å². The zero-order chi connectivity index (χ0) is 21.0. The molecular weight excluding hydrogens is 372 g/mol. The summed E-state index contributed by atoms with van der Waals surface area (Å²) in [6.45, 7) is 5.11. The summed E-state index contributed by atoms with van der Waals surface area (Å²) in [5.74, 6) is 0.280. The van der Waals surface area contributed by atoms with Gasteiger partial charge in [-0.3, -0.25) is 14.7 Å². The number of aryl methyl sites for hydroxylation is 1. The molecular formula is C21H24N4O4. The Balaban J connectivity index is 1.78. The number of aromatic hydroxyl groups is 1. The topological polar surface area (TPSA) is 121 Å². The molecule has 0 fully saturated rings. The molecule has 29 heavy (non-hydrogen) atoms. The van der Waals surface area contributed by atoms with Gasteiger partial charge in [0.25, 0.3) is 0 Å². The number of benzene rings is 1. The zero-order valence-electron chi connectivity index (χ0n) is 16.6. The molecule has 0 saturated heterocycles. The Morgan fingerprint density at radius 2 is 2.03 bits per heavy atom. The standard InChI is InChI=1S/C21H24N4O4/c1-13-9-16(26)18(28)19(29-13)21(2,3)11-17(27)24-15(20-22-12-23-25-20)10-14-7-5-4-6-8-14/h4-9,12,15,28H,10-11H2,1-3H3,(H,24,27)(H,22,23,25). The predicted octanol–water partition coefficient (Wildman–Crippen LogP) is 2.54. The molecule has 0 aliphatic heterocycles. The van der Waals surface area contributed by atoms with Gasteiger partial charge >= 0.3 is 0 Å². The van der Waals surface area contributed by atoms with Crippen LogP contribution in [0.2, 0.25) is 0 Å². The molecule has 0 aliphatic rings. The smallest absolute Gasteiger partial charge is 0.227 e. The monoisotopic (exact) mass is 396 g/mol. The molecule has 0 aliphatic carbocycles. The Hall–Kier alpha value is -3.42. The number of rotatable bonds is 7. The number of amides is 1. The highest BCUT2D eigenvalue weighted by Crippen LogP contribution is 2.32. The van der Waals surface area contributed by atoms with Gasteiger partial charge in [0.1, 0.15) is 17.9 Å². The Kier molecular flexibility index (Phi) is 5.81. The maximum Gasteiger partial charge on any atom is 0.227 e. The Bertz CT molecular complexity index is 1030. The number of aromatic nitrogens is 3. The third-order valence-electron chi connectivity index (χ3n) is 4.64. The summed E-state index contributed by atoms with van der Waals surface area (Å²) >= 11 is 0. The van der Waals surface area contributed by atoms with Gasteiger partial charge < -0.3 is 14.8 Å². The predicted molar refractivity (Wildman–Crippen MR) is 106 cm³/mol. The summed E-state index contributed by atoms with van der Waals surface area (Å²) in [6.07, 6.45) is 1.93. The van der Waals surface area contributed by atoms with Gasteiger partial charge in [0.05, 0.1) is 6.04 Å². The van der Waals surface area contributed by atoms with E-state index in [1.807, 2.05) is 30.3 Å². The third-order valence-corrected chi connectivity index (χ3v) is 4.64. The molecule has 3 N–H and O–H groups in total. The number of nitrogens with zero attached hydrogens (tertiary/aromatic N) is 2. The first-order valence-corrected chi connectivity index (χ1v) is 9.29.